The first-order chi connectivity index (χ1) is 14.8. The van der Waals surface area contributed by atoms with Crippen molar-refractivity contribution in [2.75, 3.05) is 50.7 Å². The maximum absolute atomic E-state index is 12.9. The third-order valence-electron chi connectivity index (χ3n) is 5.50. The summed E-state index contributed by atoms with van der Waals surface area (Å²) in [6, 6.07) is 13.5. The summed E-state index contributed by atoms with van der Waals surface area (Å²) in [5.74, 6) is -0.448. The Labute approximate surface area is 186 Å². The summed E-state index contributed by atoms with van der Waals surface area (Å²) in [4.78, 5) is 28.4. The molecule has 2 aromatic rings. The number of hydrogen-bond donors (Lipinski definition) is 1. The SMILES string of the molecule is O=C1CN(S(=O)(=O)c2ccc(C(=O)N3CCN(c4ccc(Cl)cc4)CC3)cc2)CCN1. The Hall–Kier alpha value is -2.62. The van der Waals surface area contributed by atoms with Gasteiger partial charge in [0.2, 0.25) is 15.9 Å². The minimum Gasteiger partial charge on any atom is -0.368 e. The van der Waals surface area contributed by atoms with Crippen LogP contribution in [-0.4, -0.2) is 75.3 Å². The zero-order valence-electron chi connectivity index (χ0n) is 16.8. The van der Waals surface area contributed by atoms with Crippen molar-refractivity contribution < 1.29 is 18.0 Å². The zero-order chi connectivity index (χ0) is 22.0. The molecule has 164 valence electrons. The highest BCUT2D eigenvalue weighted by Gasteiger charge is 2.29. The number of sulfonamides is 1. The van der Waals surface area contributed by atoms with Crippen LogP contribution >= 0.6 is 11.6 Å². The second kappa shape index (κ2) is 8.86. The number of carbonyl (C=O) groups excluding carboxylic acids is 2. The fourth-order valence-corrected chi connectivity index (χ4v) is 5.26. The summed E-state index contributed by atoms with van der Waals surface area (Å²) in [7, 11) is -3.77. The number of rotatable bonds is 4. The fraction of sp³-hybridized carbons (Fsp3) is 0.333. The van der Waals surface area contributed by atoms with Gasteiger partial charge in [-0.2, -0.15) is 4.31 Å². The lowest BCUT2D eigenvalue weighted by Gasteiger charge is -2.36. The first-order valence-corrected chi connectivity index (χ1v) is 11.8. The van der Waals surface area contributed by atoms with E-state index in [4.69, 9.17) is 11.6 Å². The normalized spacial score (nSPS) is 18.0. The molecule has 0 bridgehead atoms. The number of hydrogen-bond acceptors (Lipinski definition) is 5. The summed E-state index contributed by atoms with van der Waals surface area (Å²) >= 11 is 5.94. The van der Waals surface area contributed by atoms with Crippen LogP contribution in [0.2, 0.25) is 5.02 Å². The van der Waals surface area contributed by atoms with Gasteiger partial charge in [0.1, 0.15) is 0 Å². The second-order valence-electron chi connectivity index (χ2n) is 7.47. The Balaban J connectivity index is 1.39. The molecule has 0 atom stereocenters. The fourth-order valence-electron chi connectivity index (χ4n) is 3.74. The summed E-state index contributed by atoms with van der Waals surface area (Å²) in [6.07, 6.45) is 0. The van der Waals surface area contributed by atoms with E-state index in [1.807, 2.05) is 24.3 Å². The van der Waals surface area contributed by atoms with Crippen LogP contribution < -0.4 is 10.2 Å². The quantitative estimate of drug-likeness (QED) is 0.742. The molecule has 0 aliphatic carbocycles. The molecular formula is C21H23ClN4O4S. The zero-order valence-corrected chi connectivity index (χ0v) is 18.4. The van der Waals surface area contributed by atoms with Gasteiger partial charge in [0.25, 0.3) is 5.91 Å². The number of carbonyl (C=O) groups is 2. The summed E-state index contributed by atoms with van der Waals surface area (Å²) in [5.41, 5.74) is 1.51. The highest BCUT2D eigenvalue weighted by Crippen LogP contribution is 2.21. The van der Waals surface area contributed by atoms with Crippen LogP contribution in [0.3, 0.4) is 0 Å². The van der Waals surface area contributed by atoms with E-state index in [9.17, 15) is 18.0 Å². The van der Waals surface area contributed by atoms with Crippen molar-refractivity contribution >= 4 is 39.1 Å². The molecule has 0 unspecified atom stereocenters. The Morgan fingerprint density at radius 3 is 2.16 bits per heavy atom. The molecule has 2 aliphatic heterocycles. The van der Waals surface area contributed by atoms with Gasteiger partial charge in [-0.05, 0) is 48.5 Å². The molecule has 4 rings (SSSR count). The lowest BCUT2D eigenvalue weighted by molar-refractivity contribution is -0.122. The smallest absolute Gasteiger partial charge is 0.253 e. The van der Waals surface area contributed by atoms with Crippen molar-refractivity contribution in [2.45, 2.75) is 4.90 Å². The molecule has 0 saturated carbocycles. The number of piperazine rings is 2. The van der Waals surface area contributed by atoms with E-state index in [2.05, 4.69) is 10.2 Å². The molecule has 0 spiro atoms. The summed E-state index contributed by atoms with van der Waals surface area (Å²) < 4.78 is 26.6. The van der Waals surface area contributed by atoms with Crippen LogP contribution in [-0.2, 0) is 14.8 Å². The molecule has 2 fully saturated rings. The van der Waals surface area contributed by atoms with Crippen molar-refractivity contribution in [3.8, 4) is 0 Å². The van der Waals surface area contributed by atoms with Crippen molar-refractivity contribution in [1.82, 2.24) is 14.5 Å². The predicted molar refractivity (Wildman–Crippen MR) is 118 cm³/mol. The Morgan fingerprint density at radius 1 is 0.903 bits per heavy atom. The number of benzene rings is 2. The monoisotopic (exact) mass is 462 g/mol. The van der Waals surface area contributed by atoms with Gasteiger partial charge in [-0.25, -0.2) is 8.42 Å². The van der Waals surface area contributed by atoms with Crippen LogP contribution in [0, 0.1) is 0 Å². The van der Waals surface area contributed by atoms with E-state index in [1.54, 1.807) is 4.90 Å². The molecule has 0 aromatic heterocycles. The van der Waals surface area contributed by atoms with Gasteiger partial charge < -0.3 is 15.1 Å². The molecular weight excluding hydrogens is 440 g/mol. The first kappa shape index (κ1) is 21.6. The molecule has 2 amide bonds. The molecule has 1 N–H and O–H groups in total. The molecule has 31 heavy (non-hydrogen) atoms. The molecule has 2 saturated heterocycles. The standard InChI is InChI=1S/C21H23ClN4O4S/c22-17-3-5-18(6-4-17)24-11-13-25(14-12-24)21(28)16-1-7-19(8-2-16)31(29,30)26-10-9-23-20(27)15-26/h1-8H,9-15H2,(H,23,27). The maximum Gasteiger partial charge on any atom is 0.253 e. The van der Waals surface area contributed by atoms with Crippen LogP contribution in [0.1, 0.15) is 10.4 Å². The highest BCUT2D eigenvalue weighted by atomic mass is 35.5. The van der Waals surface area contributed by atoms with Crippen LogP contribution in [0.25, 0.3) is 0 Å². The topological polar surface area (TPSA) is 90.0 Å². The minimum absolute atomic E-state index is 0.0753. The van der Waals surface area contributed by atoms with Gasteiger partial charge in [-0.15, -0.1) is 0 Å². The van der Waals surface area contributed by atoms with Gasteiger partial charge >= 0.3 is 0 Å². The van der Waals surface area contributed by atoms with Gasteiger partial charge in [0.05, 0.1) is 11.4 Å². The van der Waals surface area contributed by atoms with Gasteiger partial charge in [0, 0.05) is 55.5 Å². The van der Waals surface area contributed by atoms with Gasteiger partial charge in [-0.1, -0.05) is 11.6 Å². The Bertz CT molecular complexity index is 1070. The van der Waals surface area contributed by atoms with Gasteiger partial charge in [-0.3, -0.25) is 9.59 Å². The third kappa shape index (κ3) is 4.68. The van der Waals surface area contributed by atoms with E-state index < -0.39 is 10.0 Å². The number of anilines is 1. The van der Waals surface area contributed by atoms with Crippen molar-refractivity contribution in [3.63, 3.8) is 0 Å². The molecule has 2 aromatic carbocycles. The lowest BCUT2D eigenvalue weighted by Crippen LogP contribution is -2.49. The highest BCUT2D eigenvalue weighted by molar-refractivity contribution is 7.89. The van der Waals surface area contributed by atoms with E-state index in [0.29, 0.717) is 36.8 Å². The van der Waals surface area contributed by atoms with E-state index >= 15 is 0 Å². The van der Waals surface area contributed by atoms with Gasteiger partial charge in [0.15, 0.2) is 0 Å². The molecule has 2 aliphatic rings. The van der Waals surface area contributed by atoms with Crippen LogP contribution in [0.4, 0.5) is 5.69 Å². The van der Waals surface area contributed by atoms with Crippen molar-refractivity contribution in [1.29, 1.82) is 0 Å². The van der Waals surface area contributed by atoms with Crippen LogP contribution in [0.15, 0.2) is 53.4 Å². The molecule has 8 nitrogen and oxygen atoms in total. The number of nitrogens with one attached hydrogen (secondary N) is 1. The van der Waals surface area contributed by atoms with Crippen LogP contribution in [0.5, 0.6) is 0 Å². The average molecular weight is 463 g/mol. The van der Waals surface area contributed by atoms with Crippen molar-refractivity contribution in [2.24, 2.45) is 0 Å². The number of amides is 2. The molecule has 10 heteroatoms. The molecule has 0 radical (unpaired) electrons. The Kier molecular flexibility index (Phi) is 6.17. The van der Waals surface area contributed by atoms with E-state index in [1.165, 1.54) is 24.3 Å². The molecule has 2 heterocycles. The number of nitrogens with zero attached hydrogens (tertiary/aromatic N) is 3. The lowest BCUT2D eigenvalue weighted by atomic mass is 10.1. The van der Waals surface area contributed by atoms with E-state index in [0.717, 1.165) is 9.99 Å². The average Bonchev–Trinajstić information content (AvgIpc) is 2.79. The third-order valence-corrected chi connectivity index (χ3v) is 7.61. The Morgan fingerprint density at radius 2 is 1.55 bits per heavy atom. The predicted octanol–water partition coefficient (Wildman–Crippen LogP) is 1.42. The minimum atomic E-state index is -3.77. The van der Waals surface area contributed by atoms with Crippen molar-refractivity contribution in [3.05, 3.63) is 59.1 Å². The largest absolute Gasteiger partial charge is 0.368 e. The van der Waals surface area contributed by atoms with E-state index in [-0.39, 0.29) is 36.3 Å². The second-order valence-corrected chi connectivity index (χ2v) is 9.84. The summed E-state index contributed by atoms with van der Waals surface area (Å²) in [6.45, 7) is 2.88. The first-order valence-electron chi connectivity index (χ1n) is 10.0. The maximum atomic E-state index is 12.9. The number of halogens is 1. The summed E-state index contributed by atoms with van der Waals surface area (Å²) in [5, 5.41) is 3.29.